The molecule has 2 aromatic rings. The maximum atomic E-state index is 11.9. The zero-order chi connectivity index (χ0) is 18.9. The van der Waals surface area contributed by atoms with Gasteiger partial charge in [-0.3, -0.25) is 9.59 Å². The van der Waals surface area contributed by atoms with Crippen LogP contribution >= 0.6 is 15.9 Å². The van der Waals surface area contributed by atoms with E-state index in [9.17, 15) is 9.59 Å². The number of nitrogens with zero attached hydrogens (tertiary/aromatic N) is 1. The number of anilines is 1. The lowest BCUT2D eigenvalue weighted by Crippen LogP contribution is -2.32. The first-order valence-corrected chi connectivity index (χ1v) is 8.53. The highest BCUT2D eigenvalue weighted by molar-refractivity contribution is 9.10. The summed E-state index contributed by atoms with van der Waals surface area (Å²) in [6, 6.07) is 12.0. The van der Waals surface area contributed by atoms with E-state index in [1.165, 1.54) is 13.3 Å². The molecular formula is C18H18BrN3O4. The number of nitrogens with one attached hydrogen (secondary N) is 2. The van der Waals surface area contributed by atoms with Gasteiger partial charge in [-0.1, -0.05) is 15.9 Å². The van der Waals surface area contributed by atoms with Crippen LogP contribution in [0.25, 0.3) is 0 Å². The highest BCUT2D eigenvalue weighted by Crippen LogP contribution is 2.21. The third-order valence-corrected chi connectivity index (χ3v) is 3.68. The normalized spacial score (nSPS) is 10.4. The molecule has 2 rings (SSSR count). The number of halogens is 1. The van der Waals surface area contributed by atoms with Gasteiger partial charge in [0.1, 0.15) is 11.5 Å². The number of benzene rings is 2. The van der Waals surface area contributed by atoms with Crippen molar-refractivity contribution < 1.29 is 19.1 Å². The Hall–Kier alpha value is -2.87. The molecule has 0 fully saturated rings. The van der Waals surface area contributed by atoms with Gasteiger partial charge in [0.25, 0.3) is 0 Å². The highest BCUT2D eigenvalue weighted by Gasteiger charge is 2.13. The van der Waals surface area contributed by atoms with Crippen molar-refractivity contribution in [1.82, 2.24) is 5.43 Å². The predicted molar refractivity (Wildman–Crippen MR) is 103 cm³/mol. The van der Waals surface area contributed by atoms with E-state index in [1.807, 2.05) is 13.0 Å². The van der Waals surface area contributed by atoms with Gasteiger partial charge in [0, 0.05) is 15.7 Å². The Morgan fingerprint density at radius 2 is 1.88 bits per heavy atom. The van der Waals surface area contributed by atoms with Crippen molar-refractivity contribution in [3.63, 3.8) is 0 Å². The molecule has 0 saturated carbocycles. The molecule has 0 heterocycles. The number of hydrazone groups is 1. The second-order valence-electron chi connectivity index (χ2n) is 5.00. The summed E-state index contributed by atoms with van der Waals surface area (Å²) in [5, 5.41) is 6.26. The van der Waals surface area contributed by atoms with E-state index in [-0.39, 0.29) is 0 Å². The maximum Gasteiger partial charge on any atom is 0.329 e. The molecule has 2 N–H and O–H groups in total. The van der Waals surface area contributed by atoms with Crippen molar-refractivity contribution in [3.05, 3.63) is 52.5 Å². The molecule has 26 heavy (non-hydrogen) atoms. The lowest BCUT2D eigenvalue weighted by atomic mass is 10.2. The minimum absolute atomic E-state index is 0.478. The van der Waals surface area contributed by atoms with E-state index >= 15 is 0 Å². The van der Waals surface area contributed by atoms with Crippen LogP contribution in [0, 0.1) is 0 Å². The molecule has 0 radical (unpaired) electrons. The summed E-state index contributed by atoms with van der Waals surface area (Å²) >= 11 is 3.34. The van der Waals surface area contributed by atoms with E-state index in [0.29, 0.717) is 29.4 Å². The summed E-state index contributed by atoms with van der Waals surface area (Å²) in [7, 11) is 1.53. The first kappa shape index (κ1) is 19.5. The Labute approximate surface area is 159 Å². The molecule has 7 nitrogen and oxygen atoms in total. The Balaban J connectivity index is 1.93. The van der Waals surface area contributed by atoms with Gasteiger partial charge in [0.2, 0.25) is 0 Å². The van der Waals surface area contributed by atoms with Gasteiger partial charge in [0.15, 0.2) is 0 Å². The molecule has 0 bridgehead atoms. The van der Waals surface area contributed by atoms with Gasteiger partial charge < -0.3 is 14.8 Å². The molecular weight excluding hydrogens is 402 g/mol. The summed E-state index contributed by atoms with van der Waals surface area (Å²) < 4.78 is 11.3. The number of hydrogen-bond acceptors (Lipinski definition) is 5. The second kappa shape index (κ2) is 9.57. The number of ether oxygens (including phenoxy) is 2. The van der Waals surface area contributed by atoms with Crippen LogP contribution in [0.1, 0.15) is 12.5 Å². The van der Waals surface area contributed by atoms with Crippen molar-refractivity contribution in [3.8, 4) is 11.5 Å². The fraction of sp³-hybridized carbons (Fsp3) is 0.167. The highest BCUT2D eigenvalue weighted by atomic mass is 79.9. The molecule has 8 heteroatoms. The van der Waals surface area contributed by atoms with E-state index in [2.05, 4.69) is 31.8 Å². The zero-order valence-electron chi connectivity index (χ0n) is 14.3. The number of carbonyl (C=O) groups is 2. The first-order chi connectivity index (χ1) is 12.5. The monoisotopic (exact) mass is 419 g/mol. The lowest BCUT2D eigenvalue weighted by molar-refractivity contribution is -0.136. The Morgan fingerprint density at radius 1 is 1.15 bits per heavy atom. The van der Waals surface area contributed by atoms with E-state index in [0.717, 1.165) is 4.47 Å². The summed E-state index contributed by atoms with van der Waals surface area (Å²) in [4.78, 5) is 23.7. The van der Waals surface area contributed by atoms with Crippen molar-refractivity contribution in [2.24, 2.45) is 5.10 Å². The summed E-state index contributed by atoms with van der Waals surface area (Å²) in [5.74, 6) is -0.441. The molecule has 0 atom stereocenters. The molecule has 0 aromatic heterocycles. The standard InChI is InChI=1S/C18H18BrN3O4/c1-3-26-15-7-5-14(6-8-15)21-17(23)18(24)22-20-11-12-10-13(19)4-9-16(12)25-2/h4-11H,3H2,1-2H3,(H,21,23)(H,22,24). The number of hydrogen-bond donors (Lipinski definition) is 2. The quantitative estimate of drug-likeness (QED) is 0.427. The molecule has 0 saturated heterocycles. The van der Waals surface area contributed by atoms with Crippen LogP contribution in [0.4, 0.5) is 5.69 Å². The third kappa shape index (κ3) is 5.59. The van der Waals surface area contributed by atoms with Crippen LogP contribution in [-0.4, -0.2) is 31.7 Å². The van der Waals surface area contributed by atoms with Crippen molar-refractivity contribution in [2.75, 3.05) is 19.0 Å². The number of carbonyl (C=O) groups excluding carboxylic acids is 2. The van der Waals surface area contributed by atoms with Crippen LogP contribution in [0.5, 0.6) is 11.5 Å². The first-order valence-electron chi connectivity index (χ1n) is 7.74. The Bertz CT molecular complexity index is 807. The van der Waals surface area contributed by atoms with Crippen LogP contribution < -0.4 is 20.2 Å². The van der Waals surface area contributed by atoms with E-state index < -0.39 is 11.8 Å². The molecule has 0 unspecified atom stereocenters. The number of rotatable bonds is 6. The molecule has 136 valence electrons. The molecule has 0 spiro atoms. The van der Waals surface area contributed by atoms with Crippen molar-refractivity contribution in [1.29, 1.82) is 0 Å². The topological polar surface area (TPSA) is 89.0 Å². The summed E-state index contributed by atoms with van der Waals surface area (Å²) in [6.45, 7) is 2.43. The summed E-state index contributed by atoms with van der Waals surface area (Å²) in [6.07, 6.45) is 1.39. The van der Waals surface area contributed by atoms with Gasteiger partial charge in [-0.2, -0.15) is 5.10 Å². The molecule has 0 aliphatic heterocycles. The van der Waals surface area contributed by atoms with Gasteiger partial charge >= 0.3 is 11.8 Å². The smallest absolute Gasteiger partial charge is 0.329 e. The molecule has 2 aromatic carbocycles. The average molecular weight is 420 g/mol. The number of amides is 2. The van der Waals surface area contributed by atoms with Crippen molar-refractivity contribution in [2.45, 2.75) is 6.92 Å². The Morgan fingerprint density at radius 3 is 2.54 bits per heavy atom. The molecule has 0 aliphatic carbocycles. The van der Waals surface area contributed by atoms with Gasteiger partial charge in [0.05, 0.1) is 19.9 Å². The molecule has 0 aliphatic rings. The average Bonchev–Trinajstić information content (AvgIpc) is 2.63. The second-order valence-corrected chi connectivity index (χ2v) is 5.91. The van der Waals surface area contributed by atoms with Crippen LogP contribution in [0.2, 0.25) is 0 Å². The summed E-state index contributed by atoms with van der Waals surface area (Å²) in [5.41, 5.74) is 3.30. The minimum atomic E-state index is -0.885. The Kier molecular flexibility index (Phi) is 7.16. The van der Waals surface area contributed by atoms with Crippen molar-refractivity contribution >= 4 is 39.6 Å². The van der Waals surface area contributed by atoms with Crippen LogP contribution in [0.3, 0.4) is 0 Å². The van der Waals surface area contributed by atoms with Crippen LogP contribution in [-0.2, 0) is 9.59 Å². The predicted octanol–water partition coefficient (Wildman–Crippen LogP) is 2.95. The molecule has 2 amide bonds. The van der Waals surface area contributed by atoms with Gasteiger partial charge in [-0.05, 0) is 49.4 Å². The lowest BCUT2D eigenvalue weighted by Gasteiger charge is -2.06. The van der Waals surface area contributed by atoms with E-state index in [1.54, 1.807) is 36.4 Å². The van der Waals surface area contributed by atoms with E-state index in [4.69, 9.17) is 9.47 Å². The van der Waals surface area contributed by atoms with Crippen LogP contribution in [0.15, 0.2) is 52.0 Å². The maximum absolute atomic E-state index is 11.9. The third-order valence-electron chi connectivity index (χ3n) is 3.19. The largest absolute Gasteiger partial charge is 0.496 e. The fourth-order valence-electron chi connectivity index (χ4n) is 2.01. The minimum Gasteiger partial charge on any atom is -0.496 e. The number of methoxy groups -OCH3 is 1. The fourth-order valence-corrected chi connectivity index (χ4v) is 2.39. The zero-order valence-corrected chi connectivity index (χ0v) is 15.9. The SMILES string of the molecule is CCOc1ccc(NC(=O)C(=O)NN=Cc2cc(Br)ccc2OC)cc1. The van der Waals surface area contributed by atoms with Gasteiger partial charge in [-0.25, -0.2) is 5.43 Å². The van der Waals surface area contributed by atoms with Gasteiger partial charge in [-0.15, -0.1) is 0 Å².